The van der Waals surface area contributed by atoms with E-state index in [0.717, 1.165) is 47.4 Å². The number of aryl methyl sites for hydroxylation is 2. The molecule has 0 saturated carbocycles. The van der Waals surface area contributed by atoms with E-state index in [4.69, 9.17) is 18.6 Å². The Hall–Kier alpha value is -6.00. The SMILES string of the molecule is Cc1ccc(C(=O)/C=C/c2ccc(OCCCCc3cn(CCOCCOc4ccc5c(=O)cc(-c6ccccc6)oc5c4)nn3)cc2)c(O)c1. The van der Waals surface area contributed by atoms with Crippen LogP contribution in [0.25, 0.3) is 28.4 Å². The first-order valence-electron chi connectivity index (χ1n) is 16.9. The topological polar surface area (TPSA) is 126 Å². The number of carbonyl (C=O) groups excluding carboxylic acids is 1. The molecular formula is C41H39N3O7. The van der Waals surface area contributed by atoms with Crippen molar-refractivity contribution in [3.63, 3.8) is 0 Å². The lowest BCUT2D eigenvalue weighted by Crippen LogP contribution is -2.12. The van der Waals surface area contributed by atoms with Gasteiger partial charge in [0.05, 0.1) is 43.0 Å². The molecule has 0 saturated heterocycles. The van der Waals surface area contributed by atoms with Crippen molar-refractivity contribution < 1.29 is 28.5 Å². The van der Waals surface area contributed by atoms with Gasteiger partial charge in [0.1, 0.15) is 35.2 Å². The van der Waals surface area contributed by atoms with Crippen molar-refractivity contribution in [2.45, 2.75) is 32.7 Å². The van der Waals surface area contributed by atoms with Crippen LogP contribution < -0.4 is 14.9 Å². The fourth-order valence-electron chi connectivity index (χ4n) is 5.40. The smallest absolute Gasteiger partial charge is 0.193 e. The Balaban J connectivity index is 0.845. The molecule has 2 aromatic heterocycles. The third-order valence-electron chi connectivity index (χ3n) is 8.13. The molecule has 0 fully saturated rings. The zero-order chi connectivity index (χ0) is 35.4. The van der Waals surface area contributed by atoms with Crippen molar-refractivity contribution in [3.05, 3.63) is 142 Å². The third-order valence-corrected chi connectivity index (χ3v) is 8.13. The minimum absolute atomic E-state index is 0.0154. The van der Waals surface area contributed by atoms with Crippen LogP contribution in [0.4, 0.5) is 0 Å². The van der Waals surface area contributed by atoms with Crippen molar-refractivity contribution >= 4 is 22.8 Å². The molecule has 0 amide bonds. The maximum atomic E-state index is 12.6. The Morgan fingerprint density at radius 2 is 1.67 bits per heavy atom. The van der Waals surface area contributed by atoms with Gasteiger partial charge in [-0.1, -0.05) is 59.8 Å². The van der Waals surface area contributed by atoms with Gasteiger partial charge < -0.3 is 23.7 Å². The Kier molecular flexibility index (Phi) is 11.7. The normalized spacial score (nSPS) is 11.3. The van der Waals surface area contributed by atoms with Crippen LogP contribution in [0, 0.1) is 6.92 Å². The molecule has 0 atom stereocenters. The molecule has 51 heavy (non-hydrogen) atoms. The second-order valence-electron chi connectivity index (χ2n) is 12.0. The first-order valence-corrected chi connectivity index (χ1v) is 16.9. The molecule has 0 unspecified atom stereocenters. The fourth-order valence-corrected chi connectivity index (χ4v) is 5.40. The maximum Gasteiger partial charge on any atom is 0.193 e. The van der Waals surface area contributed by atoms with Gasteiger partial charge in [0.2, 0.25) is 0 Å². The predicted octanol–water partition coefficient (Wildman–Crippen LogP) is 7.46. The lowest BCUT2D eigenvalue weighted by Gasteiger charge is -2.08. The monoisotopic (exact) mass is 685 g/mol. The number of unbranched alkanes of at least 4 members (excludes halogenated alkanes) is 1. The van der Waals surface area contributed by atoms with Gasteiger partial charge in [0, 0.05) is 23.9 Å². The first-order chi connectivity index (χ1) is 24.9. The van der Waals surface area contributed by atoms with Crippen LogP contribution in [0.3, 0.4) is 0 Å². The lowest BCUT2D eigenvalue weighted by atomic mass is 10.1. The number of nitrogens with zero attached hydrogens (tertiary/aromatic N) is 3. The average Bonchev–Trinajstić information content (AvgIpc) is 3.60. The summed E-state index contributed by atoms with van der Waals surface area (Å²) in [5, 5.41) is 19.0. The molecule has 0 radical (unpaired) electrons. The number of fused-ring (bicyclic) bond motifs is 1. The third kappa shape index (κ3) is 9.80. The van der Waals surface area contributed by atoms with E-state index in [1.807, 2.05) is 67.7 Å². The van der Waals surface area contributed by atoms with E-state index in [9.17, 15) is 14.7 Å². The van der Waals surface area contributed by atoms with Gasteiger partial charge >= 0.3 is 0 Å². The molecule has 0 aliphatic rings. The summed E-state index contributed by atoms with van der Waals surface area (Å²) in [5.74, 6) is 1.61. The molecule has 1 N–H and O–H groups in total. The van der Waals surface area contributed by atoms with Crippen molar-refractivity contribution in [2.75, 3.05) is 26.4 Å². The molecule has 10 heteroatoms. The molecule has 10 nitrogen and oxygen atoms in total. The van der Waals surface area contributed by atoms with Gasteiger partial charge in [-0.25, -0.2) is 4.68 Å². The highest BCUT2D eigenvalue weighted by atomic mass is 16.5. The van der Waals surface area contributed by atoms with Crippen molar-refractivity contribution in [2.24, 2.45) is 0 Å². The number of allylic oxidation sites excluding steroid dienone is 1. The van der Waals surface area contributed by atoms with Crippen LogP contribution in [-0.4, -0.2) is 52.3 Å². The molecule has 0 bridgehead atoms. The second kappa shape index (κ2) is 17.1. The summed E-state index contributed by atoms with van der Waals surface area (Å²) >= 11 is 0. The highest BCUT2D eigenvalue weighted by Gasteiger charge is 2.10. The van der Waals surface area contributed by atoms with E-state index in [0.29, 0.717) is 55.5 Å². The minimum atomic E-state index is -0.252. The number of aromatic hydroxyl groups is 1. The molecular weight excluding hydrogens is 646 g/mol. The van der Waals surface area contributed by atoms with Gasteiger partial charge in [-0.2, -0.15) is 0 Å². The fraction of sp³-hybridized carbons (Fsp3) is 0.220. The number of carbonyl (C=O) groups is 1. The lowest BCUT2D eigenvalue weighted by molar-refractivity contribution is 0.0923. The minimum Gasteiger partial charge on any atom is -0.507 e. The van der Waals surface area contributed by atoms with Crippen molar-refractivity contribution in [1.29, 1.82) is 0 Å². The number of ketones is 1. The first kappa shape index (κ1) is 34.8. The van der Waals surface area contributed by atoms with Crippen LogP contribution in [-0.2, 0) is 17.7 Å². The number of phenols is 1. The molecule has 260 valence electrons. The molecule has 4 aromatic carbocycles. The van der Waals surface area contributed by atoms with Crippen LogP contribution in [0.5, 0.6) is 17.2 Å². The summed E-state index contributed by atoms with van der Waals surface area (Å²) < 4.78 is 25.2. The highest BCUT2D eigenvalue weighted by molar-refractivity contribution is 6.08. The zero-order valence-corrected chi connectivity index (χ0v) is 28.4. The molecule has 2 heterocycles. The maximum absolute atomic E-state index is 12.6. The van der Waals surface area contributed by atoms with E-state index < -0.39 is 0 Å². The summed E-state index contributed by atoms with van der Waals surface area (Å²) in [4.78, 5) is 25.0. The standard InChI is InChI=1S/C41H39N3O7/c1-29-10-17-35(38(46)25-29)37(45)19-13-30-11-14-33(15-12-30)49-21-6-5-9-32-28-44(43-42-32)20-22-48-23-24-50-34-16-18-36-39(47)27-40(51-41(36)26-34)31-7-3-2-4-8-31/h2-4,7-8,10-19,25-28,46H,5-6,9,20-24H2,1H3/b19-13+. The second-order valence-corrected chi connectivity index (χ2v) is 12.0. The summed E-state index contributed by atoms with van der Waals surface area (Å²) in [7, 11) is 0. The number of aromatic nitrogens is 3. The van der Waals surface area contributed by atoms with Gasteiger partial charge in [0.25, 0.3) is 0 Å². The van der Waals surface area contributed by atoms with E-state index in [1.165, 1.54) is 12.1 Å². The summed E-state index contributed by atoms with van der Waals surface area (Å²) in [6.45, 7) is 4.22. The van der Waals surface area contributed by atoms with E-state index in [-0.39, 0.29) is 22.5 Å². The van der Waals surface area contributed by atoms with Crippen LogP contribution in [0.1, 0.15) is 40.0 Å². The van der Waals surface area contributed by atoms with E-state index in [1.54, 1.807) is 47.2 Å². The largest absolute Gasteiger partial charge is 0.507 e. The number of benzene rings is 4. The van der Waals surface area contributed by atoms with Gasteiger partial charge in [-0.05, 0) is 79.8 Å². The van der Waals surface area contributed by atoms with Crippen molar-refractivity contribution in [1.82, 2.24) is 15.0 Å². The molecule has 0 aliphatic carbocycles. The quantitative estimate of drug-likeness (QED) is 0.0592. The number of hydrogen-bond donors (Lipinski definition) is 1. The van der Waals surface area contributed by atoms with Crippen LogP contribution in [0.2, 0.25) is 0 Å². The Labute approximate surface area is 295 Å². The Bertz CT molecular complexity index is 2150. The van der Waals surface area contributed by atoms with Crippen LogP contribution in [0.15, 0.2) is 119 Å². The molecule has 6 rings (SSSR count). The predicted molar refractivity (Wildman–Crippen MR) is 195 cm³/mol. The summed E-state index contributed by atoms with van der Waals surface area (Å²) in [5.41, 5.74) is 4.17. The highest BCUT2D eigenvalue weighted by Crippen LogP contribution is 2.25. The van der Waals surface area contributed by atoms with Gasteiger partial charge in [-0.15, -0.1) is 5.10 Å². The van der Waals surface area contributed by atoms with E-state index >= 15 is 0 Å². The molecule has 6 aromatic rings. The Morgan fingerprint density at radius 1 is 0.863 bits per heavy atom. The number of phenolic OH excluding ortho intramolecular Hbond substituents is 1. The van der Waals surface area contributed by atoms with Crippen LogP contribution >= 0.6 is 0 Å². The van der Waals surface area contributed by atoms with Gasteiger partial charge in [-0.3, -0.25) is 9.59 Å². The number of hydrogen-bond acceptors (Lipinski definition) is 9. The van der Waals surface area contributed by atoms with E-state index in [2.05, 4.69) is 10.3 Å². The summed E-state index contributed by atoms with van der Waals surface area (Å²) in [6.07, 6.45) is 7.68. The Morgan fingerprint density at radius 3 is 2.49 bits per heavy atom. The van der Waals surface area contributed by atoms with Crippen molar-refractivity contribution in [3.8, 4) is 28.6 Å². The molecule has 0 aliphatic heterocycles. The average molecular weight is 686 g/mol. The zero-order valence-electron chi connectivity index (χ0n) is 28.4. The number of ether oxygens (including phenoxy) is 3. The van der Waals surface area contributed by atoms with Gasteiger partial charge in [0.15, 0.2) is 11.2 Å². The molecule has 0 spiro atoms. The number of rotatable bonds is 17. The summed E-state index contributed by atoms with van der Waals surface area (Å²) in [6, 6.07) is 28.8.